The number of hydrogen-bond donors (Lipinski definition) is 0. The van der Waals surface area contributed by atoms with Gasteiger partial charge in [-0.3, -0.25) is 9.59 Å². The molecule has 28 heavy (non-hydrogen) atoms. The van der Waals surface area contributed by atoms with Crippen molar-refractivity contribution in [3.8, 4) is 0 Å². The minimum Gasteiger partial charge on any atom is -0.378 e. The molecule has 0 aromatic heterocycles. The lowest BCUT2D eigenvalue weighted by Gasteiger charge is -2.29. The van der Waals surface area contributed by atoms with Crippen molar-refractivity contribution in [2.45, 2.75) is 0 Å². The number of carbonyl (C=O) groups excluding carboxylic acids is 2. The molecule has 0 unspecified atom stereocenters. The van der Waals surface area contributed by atoms with Gasteiger partial charge in [0.1, 0.15) is 5.70 Å². The van der Waals surface area contributed by atoms with Crippen LogP contribution in [0.4, 0.5) is 11.4 Å². The third-order valence-corrected chi connectivity index (χ3v) is 5.07. The molecule has 1 saturated heterocycles. The van der Waals surface area contributed by atoms with Crippen LogP contribution in [0.25, 0.3) is 5.57 Å². The van der Waals surface area contributed by atoms with Crippen LogP contribution in [-0.2, 0) is 14.3 Å². The zero-order chi connectivity index (χ0) is 19.7. The second kappa shape index (κ2) is 7.48. The van der Waals surface area contributed by atoms with Gasteiger partial charge in [0.15, 0.2) is 0 Å². The predicted molar refractivity (Wildman–Crippen MR) is 109 cm³/mol. The molecule has 2 aromatic rings. The summed E-state index contributed by atoms with van der Waals surface area (Å²) in [6.07, 6.45) is 0. The quantitative estimate of drug-likeness (QED) is 0.766. The molecule has 2 heterocycles. The van der Waals surface area contributed by atoms with Crippen molar-refractivity contribution in [3.05, 3.63) is 65.9 Å². The second-order valence-electron chi connectivity index (χ2n) is 7.05. The van der Waals surface area contributed by atoms with Crippen molar-refractivity contribution in [2.75, 3.05) is 50.2 Å². The van der Waals surface area contributed by atoms with Gasteiger partial charge in [0.05, 0.1) is 24.5 Å². The summed E-state index contributed by atoms with van der Waals surface area (Å²) in [5.41, 5.74) is 3.28. The molecule has 0 N–H and O–H groups in total. The minimum atomic E-state index is -0.282. The highest BCUT2D eigenvalue weighted by Crippen LogP contribution is 2.35. The Balaban J connectivity index is 1.77. The van der Waals surface area contributed by atoms with Crippen LogP contribution < -0.4 is 9.80 Å². The van der Waals surface area contributed by atoms with E-state index >= 15 is 0 Å². The third-order valence-electron chi connectivity index (χ3n) is 5.07. The van der Waals surface area contributed by atoms with Crippen LogP contribution in [0.5, 0.6) is 0 Å². The monoisotopic (exact) mass is 377 g/mol. The summed E-state index contributed by atoms with van der Waals surface area (Å²) in [6.45, 7) is 2.28. The van der Waals surface area contributed by atoms with Crippen molar-refractivity contribution in [2.24, 2.45) is 0 Å². The molecule has 6 nitrogen and oxygen atoms in total. The Morgan fingerprint density at radius 1 is 0.857 bits per heavy atom. The lowest BCUT2D eigenvalue weighted by atomic mass is 10.0. The number of anilines is 2. The fraction of sp³-hybridized carbons (Fsp3) is 0.273. The molecule has 1 fully saturated rings. The van der Waals surface area contributed by atoms with E-state index in [0.717, 1.165) is 11.3 Å². The Morgan fingerprint density at radius 2 is 1.50 bits per heavy atom. The van der Waals surface area contributed by atoms with Gasteiger partial charge in [-0.15, -0.1) is 0 Å². The van der Waals surface area contributed by atoms with Gasteiger partial charge in [-0.2, -0.15) is 0 Å². The zero-order valence-electron chi connectivity index (χ0n) is 16.1. The van der Waals surface area contributed by atoms with Crippen molar-refractivity contribution < 1.29 is 14.3 Å². The van der Waals surface area contributed by atoms with Gasteiger partial charge >= 0.3 is 0 Å². The third kappa shape index (κ3) is 3.16. The molecule has 0 saturated carbocycles. The van der Waals surface area contributed by atoms with E-state index in [2.05, 4.69) is 0 Å². The Kier molecular flexibility index (Phi) is 4.88. The van der Waals surface area contributed by atoms with Crippen LogP contribution in [0.1, 0.15) is 5.56 Å². The van der Waals surface area contributed by atoms with Gasteiger partial charge < -0.3 is 14.5 Å². The fourth-order valence-corrected chi connectivity index (χ4v) is 3.60. The molecule has 4 rings (SSSR count). The van der Waals surface area contributed by atoms with E-state index in [1.807, 2.05) is 78.5 Å². The van der Waals surface area contributed by atoms with Crippen LogP contribution in [0, 0.1) is 0 Å². The number of hydrogen-bond acceptors (Lipinski definition) is 5. The predicted octanol–water partition coefficient (Wildman–Crippen LogP) is 2.37. The Morgan fingerprint density at radius 3 is 2.11 bits per heavy atom. The van der Waals surface area contributed by atoms with Crippen LogP contribution >= 0.6 is 0 Å². The molecule has 2 aromatic carbocycles. The number of morpholine rings is 1. The van der Waals surface area contributed by atoms with Gasteiger partial charge in [0, 0.05) is 32.9 Å². The lowest BCUT2D eigenvalue weighted by Crippen LogP contribution is -2.40. The van der Waals surface area contributed by atoms with E-state index < -0.39 is 0 Å². The van der Waals surface area contributed by atoms with E-state index in [0.29, 0.717) is 43.3 Å². The van der Waals surface area contributed by atoms with Gasteiger partial charge in [0.2, 0.25) is 0 Å². The van der Waals surface area contributed by atoms with Gasteiger partial charge in [0.25, 0.3) is 11.8 Å². The standard InChI is InChI=1S/C22H23N3O3/c1-23(2)17-8-10-18(11-9-17)25-21(26)19(16-6-4-3-5-7-16)20(22(25)27)24-12-14-28-15-13-24/h3-11H,12-15H2,1-2H3. The average Bonchev–Trinajstić information content (AvgIpc) is 2.99. The minimum absolute atomic E-state index is 0.275. The summed E-state index contributed by atoms with van der Waals surface area (Å²) in [5.74, 6) is -0.557. The normalized spacial score (nSPS) is 17.5. The number of carbonyl (C=O) groups is 2. The largest absolute Gasteiger partial charge is 0.378 e. The highest BCUT2D eigenvalue weighted by atomic mass is 16.5. The molecule has 6 heteroatoms. The van der Waals surface area contributed by atoms with Crippen molar-refractivity contribution in [1.82, 2.24) is 4.90 Å². The Labute approximate surface area is 164 Å². The maximum Gasteiger partial charge on any atom is 0.282 e. The molecule has 144 valence electrons. The summed E-state index contributed by atoms with van der Waals surface area (Å²) in [4.78, 5) is 32.0. The number of ether oxygens (including phenoxy) is 1. The van der Waals surface area contributed by atoms with Crippen LogP contribution in [0.15, 0.2) is 60.3 Å². The first-order chi connectivity index (χ1) is 13.6. The second-order valence-corrected chi connectivity index (χ2v) is 7.05. The fourth-order valence-electron chi connectivity index (χ4n) is 3.60. The number of amides is 2. The highest BCUT2D eigenvalue weighted by Gasteiger charge is 2.42. The molecule has 0 aliphatic carbocycles. The summed E-state index contributed by atoms with van der Waals surface area (Å²) < 4.78 is 5.43. The first-order valence-electron chi connectivity index (χ1n) is 9.36. The maximum atomic E-state index is 13.4. The molecule has 0 radical (unpaired) electrons. The van der Waals surface area contributed by atoms with Gasteiger partial charge in [-0.05, 0) is 29.8 Å². The molecular formula is C22H23N3O3. The smallest absolute Gasteiger partial charge is 0.282 e. The van der Waals surface area contributed by atoms with E-state index in [4.69, 9.17) is 4.74 Å². The van der Waals surface area contributed by atoms with Crippen LogP contribution in [-0.4, -0.2) is 57.1 Å². The molecule has 0 atom stereocenters. The zero-order valence-corrected chi connectivity index (χ0v) is 16.1. The van der Waals surface area contributed by atoms with Gasteiger partial charge in [-0.25, -0.2) is 4.90 Å². The van der Waals surface area contributed by atoms with E-state index in [9.17, 15) is 9.59 Å². The van der Waals surface area contributed by atoms with Gasteiger partial charge in [-0.1, -0.05) is 30.3 Å². The number of imide groups is 1. The Hall–Kier alpha value is -3.12. The Bertz CT molecular complexity index is 914. The number of benzene rings is 2. The summed E-state index contributed by atoms with van der Waals surface area (Å²) in [6, 6.07) is 16.9. The topological polar surface area (TPSA) is 53.1 Å². The molecule has 0 spiro atoms. The van der Waals surface area contributed by atoms with E-state index in [1.54, 1.807) is 0 Å². The summed E-state index contributed by atoms with van der Waals surface area (Å²) in [5, 5.41) is 0. The molecule has 2 aliphatic heterocycles. The van der Waals surface area contributed by atoms with Crippen LogP contribution in [0.2, 0.25) is 0 Å². The van der Waals surface area contributed by atoms with Crippen molar-refractivity contribution >= 4 is 28.8 Å². The van der Waals surface area contributed by atoms with E-state index in [1.165, 1.54) is 4.90 Å². The van der Waals surface area contributed by atoms with E-state index in [-0.39, 0.29) is 11.8 Å². The molecular weight excluding hydrogens is 354 g/mol. The SMILES string of the molecule is CN(C)c1ccc(N2C(=O)C(c3ccccc3)=C(N3CCOCC3)C2=O)cc1. The first kappa shape index (κ1) is 18.3. The molecule has 2 amide bonds. The number of rotatable bonds is 4. The first-order valence-corrected chi connectivity index (χ1v) is 9.36. The highest BCUT2D eigenvalue weighted by molar-refractivity contribution is 6.45. The summed E-state index contributed by atoms with van der Waals surface area (Å²) in [7, 11) is 3.90. The number of nitrogens with zero attached hydrogens (tertiary/aromatic N) is 3. The van der Waals surface area contributed by atoms with Crippen molar-refractivity contribution in [3.63, 3.8) is 0 Å². The average molecular weight is 377 g/mol. The maximum absolute atomic E-state index is 13.4. The van der Waals surface area contributed by atoms with Crippen molar-refractivity contribution in [1.29, 1.82) is 0 Å². The summed E-state index contributed by atoms with van der Waals surface area (Å²) >= 11 is 0. The van der Waals surface area contributed by atoms with Crippen LogP contribution in [0.3, 0.4) is 0 Å². The molecule has 2 aliphatic rings. The molecule has 0 bridgehead atoms. The lowest BCUT2D eigenvalue weighted by molar-refractivity contribution is -0.121.